The normalized spacial score (nSPS) is 11.0. The van der Waals surface area contributed by atoms with Gasteiger partial charge in [-0.3, -0.25) is 0 Å². The molecule has 0 saturated heterocycles. The zero-order chi connectivity index (χ0) is 5.15. The molecule has 0 fully saturated rings. The highest BCUT2D eigenvalue weighted by Crippen LogP contribution is 2.19. The van der Waals surface area contributed by atoms with Crippen molar-refractivity contribution < 1.29 is 0 Å². The van der Waals surface area contributed by atoms with Crippen LogP contribution in [0.1, 0.15) is 6.92 Å². The van der Waals surface area contributed by atoms with Crippen LogP contribution >= 0.6 is 34.8 Å². The molecule has 6 heavy (non-hydrogen) atoms. The highest BCUT2D eigenvalue weighted by Gasteiger charge is 2.05. The van der Waals surface area contributed by atoms with E-state index in [-0.39, 0.29) is 0 Å². The minimum atomic E-state index is -0.522. The fourth-order valence-corrected chi connectivity index (χ4v) is 0. The average Bonchev–Trinajstić information content (AvgIpc) is 1.36. The van der Waals surface area contributed by atoms with E-state index in [1.807, 2.05) is 0 Å². The molecule has 0 amide bonds. The fraction of sp³-hybridized carbons (Fsp3) is 0.667. The van der Waals surface area contributed by atoms with E-state index in [0.29, 0.717) is 5.38 Å². The van der Waals surface area contributed by atoms with E-state index in [0.717, 1.165) is 0 Å². The number of hydrogen-bond donors (Lipinski definition) is 0. The van der Waals surface area contributed by atoms with Gasteiger partial charge in [0.15, 0.2) is 0 Å². The van der Waals surface area contributed by atoms with Crippen LogP contribution in [0.4, 0.5) is 0 Å². The predicted octanol–water partition coefficient (Wildman–Crippen LogP) is 2.58. The molecule has 0 unspecified atom stereocenters. The maximum atomic E-state index is 5.27. The Morgan fingerprint density at radius 2 is 1.67 bits per heavy atom. The third kappa shape index (κ3) is 3.08. The summed E-state index contributed by atoms with van der Waals surface area (Å²) in [5.41, 5.74) is 0. The summed E-state index contributed by atoms with van der Waals surface area (Å²) in [6, 6.07) is 0. The molecule has 0 heterocycles. The van der Waals surface area contributed by atoms with Crippen molar-refractivity contribution in [2.24, 2.45) is 0 Å². The van der Waals surface area contributed by atoms with Crippen LogP contribution in [0, 0.1) is 5.38 Å². The first-order chi connectivity index (χ1) is 2.64. The maximum absolute atomic E-state index is 5.27. The lowest BCUT2D eigenvalue weighted by molar-refractivity contribution is 1.26. The van der Waals surface area contributed by atoms with Crippen molar-refractivity contribution in [3.63, 3.8) is 0 Å². The van der Waals surface area contributed by atoms with Crippen LogP contribution in [-0.2, 0) is 0 Å². The Morgan fingerprint density at radius 3 is 1.67 bits per heavy atom. The Kier molecular flexibility index (Phi) is 3.38. The molecule has 0 aromatic carbocycles. The molecule has 0 aromatic rings. The molecule has 0 bridgehead atoms. The Labute approximate surface area is 52.4 Å². The minimum Gasteiger partial charge on any atom is -0.115 e. The minimum absolute atomic E-state index is 0.512. The fourth-order valence-electron chi connectivity index (χ4n) is 0. The molecule has 0 aliphatic carbocycles. The summed E-state index contributed by atoms with van der Waals surface area (Å²) < 4.78 is 0. The van der Waals surface area contributed by atoms with E-state index in [1.54, 1.807) is 6.92 Å². The number of alkyl halides is 2. The first kappa shape index (κ1) is 6.87. The van der Waals surface area contributed by atoms with Crippen molar-refractivity contribution in [2.75, 3.05) is 0 Å². The maximum Gasteiger partial charge on any atom is 0.128 e. The predicted molar refractivity (Wildman–Crippen MR) is 30.3 cm³/mol. The summed E-state index contributed by atoms with van der Waals surface area (Å²) in [6.45, 7) is 1.66. The molecule has 3 heteroatoms. The first-order valence-electron chi connectivity index (χ1n) is 1.41. The first-order valence-corrected chi connectivity index (χ1v) is 2.66. The largest absolute Gasteiger partial charge is 0.128 e. The average molecular weight is 146 g/mol. The highest BCUT2D eigenvalue weighted by molar-refractivity contribution is 6.50. The lowest BCUT2D eigenvalue weighted by Gasteiger charge is -1.96. The van der Waals surface area contributed by atoms with Crippen molar-refractivity contribution in [2.45, 2.75) is 11.8 Å². The lowest BCUT2D eigenvalue weighted by Crippen LogP contribution is -1.89. The van der Waals surface area contributed by atoms with Crippen molar-refractivity contribution >= 4 is 34.8 Å². The SMILES string of the molecule is C[C](Cl)C(Cl)Cl. The van der Waals surface area contributed by atoms with E-state index >= 15 is 0 Å². The van der Waals surface area contributed by atoms with Gasteiger partial charge in [0.1, 0.15) is 4.84 Å². The summed E-state index contributed by atoms with van der Waals surface area (Å²) in [6.07, 6.45) is 0. The number of hydrogen-bond acceptors (Lipinski definition) is 0. The smallest absolute Gasteiger partial charge is 0.115 e. The number of halogens is 3. The van der Waals surface area contributed by atoms with Gasteiger partial charge in [0, 0.05) is 0 Å². The second-order valence-electron chi connectivity index (χ2n) is 0.887. The van der Waals surface area contributed by atoms with Crippen LogP contribution in [-0.4, -0.2) is 4.84 Å². The molecule has 37 valence electrons. The molecule has 0 spiro atoms. The van der Waals surface area contributed by atoms with Gasteiger partial charge >= 0.3 is 0 Å². The Hall–Kier alpha value is 0.870. The van der Waals surface area contributed by atoms with Crippen molar-refractivity contribution in [1.29, 1.82) is 0 Å². The summed E-state index contributed by atoms with van der Waals surface area (Å²) in [7, 11) is 0. The van der Waals surface area contributed by atoms with Crippen molar-refractivity contribution in [3.05, 3.63) is 5.38 Å². The van der Waals surface area contributed by atoms with E-state index in [2.05, 4.69) is 0 Å². The zero-order valence-corrected chi connectivity index (χ0v) is 5.48. The summed E-state index contributed by atoms with van der Waals surface area (Å²) >= 11 is 15.7. The van der Waals surface area contributed by atoms with Gasteiger partial charge < -0.3 is 0 Å². The van der Waals surface area contributed by atoms with Gasteiger partial charge in [0.25, 0.3) is 0 Å². The van der Waals surface area contributed by atoms with Gasteiger partial charge in [-0.15, -0.1) is 34.8 Å². The van der Waals surface area contributed by atoms with Crippen LogP contribution in [0.25, 0.3) is 0 Å². The molecule has 0 aromatic heterocycles. The Bertz CT molecular complexity index is 27.0. The molecule has 0 nitrogen and oxygen atoms in total. The van der Waals surface area contributed by atoms with Crippen LogP contribution in [0.5, 0.6) is 0 Å². The van der Waals surface area contributed by atoms with Gasteiger partial charge in [0.05, 0.1) is 5.38 Å². The van der Waals surface area contributed by atoms with E-state index in [4.69, 9.17) is 34.8 Å². The molecule has 0 aliphatic heterocycles. The second-order valence-corrected chi connectivity index (χ2v) is 2.58. The van der Waals surface area contributed by atoms with Gasteiger partial charge in [-0.1, -0.05) is 0 Å². The van der Waals surface area contributed by atoms with Gasteiger partial charge in [-0.25, -0.2) is 0 Å². The van der Waals surface area contributed by atoms with Crippen molar-refractivity contribution in [1.82, 2.24) is 0 Å². The topological polar surface area (TPSA) is 0 Å². The molecule has 1 radical (unpaired) electrons. The molecule has 0 N–H and O–H groups in total. The molecule has 0 aliphatic rings. The van der Waals surface area contributed by atoms with Crippen LogP contribution < -0.4 is 0 Å². The Balaban J connectivity index is 2.99. The van der Waals surface area contributed by atoms with Crippen LogP contribution in [0.3, 0.4) is 0 Å². The van der Waals surface area contributed by atoms with E-state index < -0.39 is 4.84 Å². The van der Waals surface area contributed by atoms with Crippen molar-refractivity contribution in [3.8, 4) is 0 Å². The highest BCUT2D eigenvalue weighted by atomic mass is 35.5. The van der Waals surface area contributed by atoms with E-state index in [1.165, 1.54) is 0 Å². The Morgan fingerprint density at radius 1 is 1.50 bits per heavy atom. The van der Waals surface area contributed by atoms with Gasteiger partial charge in [-0.05, 0) is 6.92 Å². The second kappa shape index (κ2) is 2.95. The monoisotopic (exact) mass is 145 g/mol. The molecule has 0 rings (SSSR count). The zero-order valence-electron chi connectivity index (χ0n) is 3.21. The third-order valence-corrected chi connectivity index (χ3v) is 1.40. The quantitative estimate of drug-likeness (QED) is 0.499. The molecular formula is C3H4Cl3. The van der Waals surface area contributed by atoms with Crippen LogP contribution in [0.2, 0.25) is 0 Å². The van der Waals surface area contributed by atoms with Gasteiger partial charge in [0.2, 0.25) is 0 Å². The molecular weight excluding hydrogens is 142 g/mol. The summed E-state index contributed by atoms with van der Waals surface area (Å²) in [4.78, 5) is -0.522. The molecule has 0 saturated carbocycles. The number of rotatable bonds is 1. The van der Waals surface area contributed by atoms with Crippen LogP contribution in [0.15, 0.2) is 0 Å². The van der Waals surface area contributed by atoms with Gasteiger partial charge in [-0.2, -0.15) is 0 Å². The summed E-state index contributed by atoms with van der Waals surface area (Å²) in [5, 5.41) is 0.512. The third-order valence-electron chi connectivity index (χ3n) is 0.301. The molecule has 0 atom stereocenters. The summed E-state index contributed by atoms with van der Waals surface area (Å²) in [5.74, 6) is 0. The standard InChI is InChI=1S/C3H4Cl3/c1-2(4)3(5)6/h3H,1H3. The van der Waals surface area contributed by atoms with E-state index in [9.17, 15) is 0 Å². The lowest BCUT2D eigenvalue weighted by atomic mass is 10.6.